The van der Waals surface area contributed by atoms with Gasteiger partial charge in [-0.05, 0) is 38.0 Å². The molecule has 0 fully saturated rings. The van der Waals surface area contributed by atoms with Crippen LogP contribution in [0.5, 0.6) is 0 Å². The van der Waals surface area contributed by atoms with E-state index in [-0.39, 0.29) is 30.3 Å². The van der Waals surface area contributed by atoms with Gasteiger partial charge in [0.05, 0.1) is 6.10 Å². The molecule has 0 bridgehead atoms. The number of allylic oxidation sites excluding steroid dienone is 5. The van der Waals surface area contributed by atoms with Gasteiger partial charge < -0.3 is 14.9 Å². The van der Waals surface area contributed by atoms with Crippen LogP contribution in [-0.2, 0) is 14.3 Å². The van der Waals surface area contributed by atoms with Gasteiger partial charge in [0.15, 0.2) is 0 Å². The number of carboxylic acid groups (broad SMARTS) is 1. The molecule has 176 valence electrons. The molecule has 5 nitrogen and oxygen atoms in total. The number of carbonyl (C=O) groups excluding carboxylic acids is 1. The van der Waals surface area contributed by atoms with Crippen molar-refractivity contribution in [1.29, 1.82) is 0 Å². The standard InChI is InChI=1S/C26H42O5/c1-3-4-5-6-7-8-16-23(28)17-11-9-14-22-15-10-12-18-24(22)25(31-21(2)27)19-13-20-26(29)30/h9-12,14,17,22-25,28H,3-8,13,15-16,18-20H2,1-2H3,(H,29,30). The highest BCUT2D eigenvalue weighted by atomic mass is 16.5. The molecule has 1 rings (SSSR count). The number of rotatable bonds is 16. The second-order valence-corrected chi connectivity index (χ2v) is 8.60. The largest absolute Gasteiger partial charge is 0.481 e. The van der Waals surface area contributed by atoms with Crippen molar-refractivity contribution in [2.24, 2.45) is 11.8 Å². The summed E-state index contributed by atoms with van der Waals surface area (Å²) in [5.41, 5.74) is 0. The summed E-state index contributed by atoms with van der Waals surface area (Å²) >= 11 is 0. The number of aliphatic hydroxyl groups excluding tert-OH is 1. The zero-order chi connectivity index (χ0) is 22.9. The summed E-state index contributed by atoms with van der Waals surface area (Å²) in [6.45, 7) is 3.62. The fourth-order valence-electron chi connectivity index (χ4n) is 4.16. The van der Waals surface area contributed by atoms with E-state index in [1.807, 2.05) is 18.2 Å². The van der Waals surface area contributed by atoms with Crippen molar-refractivity contribution in [1.82, 2.24) is 0 Å². The molecule has 4 unspecified atom stereocenters. The molecule has 5 heteroatoms. The molecule has 0 heterocycles. The van der Waals surface area contributed by atoms with E-state index in [9.17, 15) is 14.7 Å². The smallest absolute Gasteiger partial charge is 0.303 e. The molecular weight excluding hydrogens is 392 g/mol. The second-order valence-electron chi connectivity index (χ2n) is 8.60. The fourth-order valence-corrected chi connectivity index (χ4v) is 4.16. The lowest BCUT2D eigenvalue weighted by atomic mass is 9.78. The van der Waals surface area contributed by atoms with Crippen molar-refractivity contribution in [2.45, 2.75) is 103 Å². The first-order valence-electron chi connectivity index (χ1n) is 12.0. The molecule has 1 aliphatic rings. The van der Waals surface area contributed by atoms with Gasteiger partial charge in [-0.1, -0.05) is 81.9 Å². The van der Waals surface area contributed by atoms with E-state index < -0.39 is 12.1 Å². The first-order valence-corrected chi connectivity index (χ1v) is 12.0. The van der Waals surface area contributed by atoms with Gasteiger partial charge in [0.1, 0.15) is 6.10 Å². The Hall–Kier alpha value is -1.88. The SMILES string of the molecule is CCCCCCCCC(O)C=CC=CC1CC=CCC1C(CCCC(=O)O)OC(C)=O. The monoisotopic (exact) mass is 434 g/mol. The Morgan fingerprint density at radius 2 is 1.74 bits per heavy atom. The molecule has 0 saturated carbocycles. The minimum absolute atomic E-state index is 0.0834. The van der Waals surface area contributed by atoms with Gasteiger partial charge in [-0.2, -0.15) is 0 Å². The molecule has 0 amide bonds. The van der Waals surface area contributed by atoms with Gasteiger partial charge in [-0.25, -0.2) is 0 Å². The van der Waals surface area contributed by atoms with Gasteiger partial charge in [0.2, 0.25) is 0 Å². The van der Waals surface area contributed by atoms with Crippen molar-refractivity contribution < 1.29 is 24.5 Å². The summed E-state index contributed by atoms with van der Waals surface area (Å²) < 4.78 is 5.57. The maximum atomic E-state index is 11.6. The minimum Gasteiger partial charge on any atom is -0.481 e. The van der Waals surface area contributed by atoms with Crippen molar-refractivity contribution in [2.75, 3.05) is 0 Å². The maximum absolute atomic E-state index is 11.6. The predicted octanol–water partition coefficient (Wildman–Crippen LogP) is 5.98. The summed E-state index contributed by atoms with van der Waals surface area (Å²) in [6.07, 6.45) is 22.3. The molecule has 0 aromatic heterocycles. The highest BCUT2D eigenvalue weighted by Crippen LogP contribution is 2.33. The number of ether oxygens (including phenoxy) is 1. The van der Waals surface area contributed by atoms with Gasteiger partial charge in [-0.3, -0.25) is 9.59 Å². The molecule has 0 aromatic carbocycles. The van der Waals surface area contributed by atoms with Crippen LogP contribution in [0.15, 0.2) is 36.5 Å². The van der Waals surface area contributed by atoms with E-state index in [2.05, 4.69) is 25.2 Å². The molecule has 0 aromatic rings. The van der Waals surface area contributed by atoms with Crippen LogP contribution >= 0.6 is 0 Å². The number of aliphatic carboxylic acids is 1. The summed E-state index contributed by atoms with van der Waals surface area (Å²) in [7, 11) is 0. The van der Waals surface area contributed by atoms with Gasteiger partial charge in [0, 0.05) is 19.3 Å². The third-order valence-corrected chi connectivity index (χ3v) is 5.86. The predicted molar refractivity (Wildman–Crippen MR) is 125 cm³/mol. The number of unbranched alkanes of at least 4 members (excludes halogenated alkanes) is 5. The first kappa shape index (κ1) is 27.2. The number of hydrogen-bond donors (Lipinski definition) is 2. The van der Waals surface area contributed by atoms with Crippen LogP contribution in [0.2, 0.25) is 0 Å². The van der Waals surface area contributed by atoms with E-state index in [0.717, 1.165) is 25.7 Å². The normalized spacial score (nSPS) is 20.9. The van der Waals surface area contributed by atoms with Crippen LogP contribution in [0.25, 0.3) is 0 Å². The summed E-state index contributed by atoms with van der Waals surface area (Å²) in [5, 5.41) is 19.0. The van der Waals surface area contributed by atoms with Gasteiger partial charge >= 0.3 is 11.9 Å². The molecule has 31 heavy (non-hydrogen) atoms. The summed E-state index contributed by atoms with van der Waals surface area (Å²) in [5.74, 6) is -0.790. The van der Waals surface area contributed by atoms with Crippen LogP contribution < -0.4 is 0 Å². The molecule has 4 atom stereocenters. The Balaban J connectivity index is 2.53. The van der Waals surface area contributed by atoms with Crippen LogP contribution in [0.3, 0.4) is 0 Å². The number of carbonyl (C=O) groups is 2. The van der Waals surface area contributed by atoms with E-state index in [0.29, 0.717) is 12.8 Å². The van der Waals surface area contributed by atoms with Crippen LogP contribution in [0, 0.1) is 11.8 Å². The second kappa shape index (κ2) is 16.8. The van der Waals surface area contributed by atoms with Crippen LogP contribution in [0.1, 0.15) is 90.9 Å². The third kappa shape index (κ3) is 13.2. The van der Waals surface area contributed by atoms with Gasteiger partial charge in [-0.15, -0.1) is 0 Å². The van der Waals surface area contributed by atoms with Crippen molar-refractivity contribution in [3.63, 3.8) is 0 Å². The number of carboxylic acids is 1. The highest BCUT2D eigenvalue weighted by Gasteiger charge is 2.30. The lowest BCUT2D eigenvalue weighted by Crippen LogP contribution is -2.32. The average molecular weight is 435 g/mol. The average Bonchev–Trinajstić information content (AvgIpc) is 2.73. The van der Waals surface area contributed by atoms with Crippen LogP contribution in [0.4, 0.5) is 0 Å². The minimum atomic E-state index is -0.828. The topological polar surface area (TPSA) is 83.8 Å². The highest BCUT2D eigenvalue weighted by molar-refractivity contribution is 5.67. The maximum Gasteiger partial charge on any atom is 0.303 e. The van der Waals surface area contributed by atoms with Crippen molar-refractivity contribution in [3.8, 4) is 0 Å². The lowest BCUT2D eigenvalue weighted by Gasteiger charge is -2.33. The van der Waals surface area contributed by atoms with E-state index >= 15 is 0 Å². The van der Waals surface area contributed by atoms with Crippen molar-refractivity contribution >= 4 is 11.9 Å². The van der Waals surface area contributed by atoms with E-state index in [1.165, 1.54) is 39.0 Å². The van der Waals surface area contributed by atoms with Gasteiger partial charge in [0.25, 0.3) is 0 Å². The molecule has 0 radical (unpaired) electrons. The Bertz CT molecular complexity index is 593. The Kier molecular flexibility index (Phi) is 14.7. The molecule has 0 spiro atoms. The van der Waals surface area contributed by atoms with E-state index in [1.54, 1.807) is 0 Å². The Morgan fingerprint density at radius 1 is 1.03 bits per heavy atom. The fraction of sp³-hybridized carbons (Fsp3) is 0.692. The Morgan fingerprint density at radius 3 is 2.45 bits per heavy atom. The van der Waals surface area contributed by atoms with Crippen LogP contribution in [-0.4, -0.2) is 34.4 Å². The first-order chi connectivity index (χ1) is 14.9. The quantitative estimate of drug-likeness (QED) is 0.135. The molecule has 0 saturated heterocycles. The lowest BCUT2D eigenvalue weighted by molar-refractivity contribution is -0.150. The molecule has 0 aliphatic heterocycles. The van der Waals surface area contributed by atoms with E-state index in [4.69, 9.17) is 9.84 Å². The third-order valence-electron chi connectivity index (χ3n) is 5.86. The molecular formula is C26H42O5. The Labute approximate surface area is 188 Å². The molecule has 2 N–H and O–H groups in total. The zero-order valence-electron chi connectivity index (χ0n) is 19.4. The van der Waals surface area contributed by atoms with Crippen molar-refractivity contribution in [3.05, 3.63) is 36.5 Å². The summed E-state index contributed by atoms with van der Waals surface area (Å²) in [6, 6.07) is 0. The molecule has 1 aliphatic carbocycles. The number of esters is 1. The summed E-state index contributed by atoms with van der Waals surface area (Å²) in [4.78, 5) is 22.4. The zero-order valence-corrected chi connectivity index (χ0v) is 19.4. The number of aliphatic hydroxyl groups is 1. The number of hydrogen-bond acceptors (Lipinski definition) is 4.